The number of nitrogens with zero attached hydrogens (tertiary/aromatic N) is 6. The summed E-state index contributed by atoms with van der Waals surface area (Å²) in [6, 6.07) is 9.47. The summed E-state index contributed by atoms with van der Waals surface area (Å²) in [7, 11) is 2.12. The van der Waals surface area contributed by atoms with Crippen LogP contribution in [0.4, 0.5) is 5.82 Å². The van der Waals surface area contributed by atoms with Gasteiger partial charge in [0.1, 0.15) is 17.4 Å². The van der Waals surface area contributed by atoms with Gasteiger partial charge in [0.25, 0.3) is 0 Å². The summed E-state index contributed by atoms with van der Waals surface area (Å²) in [5.41, 5.74) is 10.3. The van der Waals surface area contributed by atoms with Crippen molar-refractivity contribution in [2.24, 2.45) is 0 Å². The third kappa shape index (κ3) is 3.49. The molecule has 0 spiro atoms. The number of piperidine rings is 1. The summed E-state index contributed by atoms with van der Waals surface area (Å²) in [6.45, 7) is 1.86. The summed E-state index contributed by atoms with van der Waals surface area (Å²) in [4.78, 5) is 11.1. The topological polar surface area (TPSA) is 130 Å². The second-order valence-electron chi connectivity index (χ2n) is 8.10. The van der Waals surface area contributed by atoms with Crippen LogP contribution in [0.2, 0.25) is 0 Å². The summed E-state index contributed by atoms with van der Waals surface area (Å²) in [5, 5.41) is 23.9. The van der Waals surface area contributed by atoms with Crippen LogP contribution in [0.15, 0.2) is 41.1 Å². The van der Waals surface area contributed by atoms with Crippen LogP contribution in [0.3, 0.4) is 0 Å². The van der Waals surface area contributed by atoms with Crippen molar-refractivity contribution in [3.63, 3.8) is 0 Å². The van der Waals surface area contributed by atoms with Gasteiger partial charge in [-0.1, -0.05) is 6.07 Å². The molecule has 5 rings (SSSR count). The number of nitrogen functional groups attached to an aromatic ring is 1. The Hall–Kier alpha value is -3.74. The van der Waals surface area contributed by atoms with Crippen molar-refractivity contribution in [1.29, 1.82) is 5.26 Å². The van der Waals surface area contributed by atoms with Crippen molar-refractivity contribution in [2.75, 3.05) is 25.9 Å². The Balaban J connectivity index is 1.55. The molecule has 3 aromatic heterocycles. The lowest BCUT2D eigenvalue weighted by Gasteiger charge is -2.29. The summed E-state index contributed by atoms with van der Waals surface area (Å²) < 4.78 is 7.84. The number of nitrogens with two attached hydrogens (primary N) is 1. The quantitative estimate of drug-likeness (QED) is 0.506. The lowest BCUT2D eigenvalue weighted by molar-refractivity contribution is 0.210. The van der Waals surface area contributed by atoms with E-state index in [4.69, 9.17) is 10.2 Å². The molecule has 1 aromatic carbocycles. The van der Waals surface area contributed by atoms with Gasteiger partial charge in [0.15, 0.2) is 5.58 Å². The molecule has 0 bridgehead atoms. The highest BCUT2D eigenvalue weighted by molar-refractivity contribution is 5.84. The van der Waals surface area contributed by atoms with Gasteiger partial charge in [0.2, 0.25) is 5.89 Å². The Bertz CT molecular complexity index is 1330. The zero-order valence-electron chi connectivity index (χ0n) is 17.7. The molecule has 0 unspecified atom stereocenters. The number of nitriles is 1. The maximum Gasteiger partial charge on any atom is 0.231 e. The maximum atomic E-state index is 9.94. The van der Waals surface area contributed by atoms with E-state index in [0.717, 1.165) is 37.1 Å². The molecule has 1 aliphatic rings. The van der Waals surface area contributed by atoms with Crippen LogP contribution in [-0.4, -0.2) is 49.9 Å². The fourth-order valence-electron chi connectivity index (χ4n) is 4.18. The monoisotopic (exact) mass is 429 g/mol. The number of oxazole rings is 1. The van der Waals surface area contributed by atoms with E-state index in [1.54, 1.807) is 24.4 Å². The lowest BCUT2D eigenvalue weighted by Crippen LogP contribution is -2.31. The second kappa shape index (κ2) is 8.07. The van der Waals surface area contributed by atoms with Crippen LogP contribution in [0.5, 0.6) is 0 Å². The molecule has 4 heterocycles. The second-order valence-corrected chi connectivity index (χ2v) is 8.10. The number of hydrogen-bond donors (Lipinski definition) is 2. The number of benzene rings is 1. The number of para-hydroxylation sites is 1. The number of fused-ring (bicyclic) bond motifs is 1. The fraction of sp³-hybridized carbons (Fsp3) is 0.304. The normalized spacial score (nSPS) is 15.3. The van der Waals surface area contributed by atoms with Crippen molar-refractivity contribution >= 4 is 16.9 Å². The highest BCUT2D eigenvalue weighted by atomic mass is 16.3. The van der Waals surface area contributed by atoms with Gasteiger partial charge in [0, 0.05) is 23.5 Å². The highest BCUT2D eigenvalue weighted by Gasteiger charge is 2.22. The molecule has 1 saturated heterocycles. The number of anilines is 1. The minimum absolute atomic E-state index is 0.177. The Morgan fingerprint density at radius 1 is 1.28 bits per heavy atom. The molecule has 0 saturated carbocycles. The van der Waals surface area contributed by atoms with Crippen LogP contribution in [0.25, 0.3) is 33.7 Å². The molecule has 0 aliphatic carbocycles. The first-order valence-electron chi connectivity index (χ1n) is 10.5. The third-order valence-electron chi connectivity index (χ3n) is 6.02. The number of aliphatic hydroxyl groups is 1. The van der Waals surface area contributed by atoms with Gasteiger partial charge < -0.3 is 20.2 Å². The van der Waals surface area contributed by atoms with E-state index in [0.29, 0.717) is 39.9 Å². The number of aliphatic hydroxyl groups excluding tert-OH is 1. The zero-order chi connectivity index (χ0) is 22.2. The Kier molecular flexibility index (Phi) is 5.09. The fourth-order valence-corrected chi connectivity index (χ4v) is 4.18. The molecule has 0 atom stereocenters. The molecule has 0 radical (unpaired) electrons. The van der Waals surface area contributed by atoms with E-state index < -0.39 is 0 Å². The smallest absolute Gasteiger partial charge is 0.231 e. The van der Waals surface area contributed by atoms with E-state index >= 15 is 0 Å². The standard InChI is InChI=1S/C23H23N7O2/c1-29-7-5-16(6-8-29)30-12-18(19(13-31)28-30)15-9-17(22(25)26-11-15)23-27-21-14(10-24)3-2-4-20(21)32-23/h2-4,9,11-12,16,31H,5-8,13H2,1H3,(H2,25,26). The van der Waals surface area contributed by atoms with Crippen LogP contribution in [-0.2, 0) is 6.61 Å². The van der Waals surface area contributed by atoms with Gasteiger partial charge >= 0.3 is 0 Å². The number of aromatic nitrogens is 4. The zero-order valence-corrected chi connectivity index (χ0v) is 17.7. The van der Waals surface area contributed by atoms with Crippen molar-refractivity contribution in [2.45, 2.75) is 25.5 Å². The van der Waals surface area contributed by atoms with Crippen LogP contribution >= 0.6 is 0 Å². The Morgan fingerprint density at radius 2 is 2.09 bits per heavy atom. The van der Waals surface area contributed by atoms with Crippen molar-refractivity contribution in [3.05, 3.63) is 47.9 Å². The molecule has 1 aliphatic heterocycles. The van der Waals surface area contributed by atoms with Gasteiger partial charge in [-0.3, -0.25) is 4.68 Å². The molecule has 9 nitrogen and oxygen atoms in total. The van der Waals surface area contributed by atoms with E-state index in [2.05, 4.69) is 33.1 Å². The molecule has 3 N–H and O–H groups in total. The Morgan fingerprint density at radius 3 is 2.84 bits per heavy atom. The van der Waals surface area contributed by atoms with Crippen LogP contribution in [0.1, 0.15) is 30.1 Å². The predicted molar refractivity (Wildman–Crippen MR) is 119 cm³/mol. The lowest BCUT2D eigenvalue weighted by atomic mass is 10.0. The largest absolute Gasteiger partial charge is 0.436 e. The summed E-state index contributed by atoms with van der Waals surface area (Å²) in [5.74, 6) is 0.565. The molecule has 1 fully saturated rings. The average Bonchev–Trinajstić information content (AvgIpc) is 3.44. The molecule has 9 heteroatoms. The number of hydrogen-bond acceptors (Lipinski definition) is 8. The van der Waals surface area contributed by atoms with Crippen LogP contribution in [0, 0.1) is 11.3 Å². The van der Waals surface area contributed by atoms with Crippen molar-refractivity contribution < 1.29 is 9.52 Å². The SMILES string of the molecule is CN1CCC(n2cc(-c3cnc(N)c(-c4nc5c(C#N)cccc5o4)c3)c(CO)n2)CC1. The molecule has 0 amide bonds. The first kappa shape index (κ1) is 20.2. The predicted octanol–water partition coefficient (Wildman–Crippen LogP) is 2.97. The Labute approximate surface area is 184 Å². The number of likely N-dealkylation sites (tertiary alicyclic amines) is 1. The first-order valence-corrected chi connectivity index (χ1v) is 10.5. The minimum atomic E-state index is -0.177. The maximum absolute atomic E-state index is 9.94. The van der Waals surface area contributed by atoms with Gasteiger partial charge in [0.05, 0.1) is 29.5 Å². The van der Waals surface area contributed by atoms with Crippen molar-refractivity contribution in [3.8, 4) is 28.7 Å². The van der Waals surface area contributed by atoms with E-state index in [1.165, 1.54) is 0 Å². The summed E-state index contributed by atoms with van der Waals surface area (Å²) in [6.07, 6.45) is 5.66. The highest BCUT2D eigenvalue weighted by Crippen LogP contribution is 2.34. The van der Waals surface area contributed by atoms with Gasteiger partial charge in [-0.2, -0.15) is 10.4 Å². The molecular weight excluding hydrogens is 406 g/mol. The van der Waals surface area contributed by atoms with E-state index in [-0.39, 0.29) is 12.4 Å². The van der Waals surface area contributed by atoms with Crippen LogP contribution < -0.4 is 5.73 Å². The van der Waals surface area contributed by atoms with Gasteiger partial charge in [-0.25, -0.2) is 9.97 Å². The van der Waals surface area contributed by atoms with Crippen molar-refractivity contribution in [1.82, 2.24) is 24.6 Å². The third-order valence-corrected chi connectivity index (χ3v) is 6.02. The first-order chi connectivity index (χ1) is 15.6. The molecule has 32 heavy (non-hydrogen) atoms. The number of rotatable bonds is 4. The van der Waals surface area contributed by atoms with E-state index in [1.807, 2.05) is 16.9 Å². The summed E-state index contributed by atoms with van der Waals surface area (Å²) >= 11 is 0. The molecular formula is C23H23N7O2. The number of pyridine rings is 1. The van der Waals surface area contributed by atoms with Gasteiger partial charge in [-0.05, 0) is 51.2 Å². The minimum Gasteiger partial charge on any atom is -0.436 e. The average molecular weight is 429 g/mol. The molecule has 4 aromatic rings. The van der Waals surface area contributed by atoms with E-state index in [9.17, 15) is 10.4 Å². The van der Waals surface area contributed by atoms with Gasteiger partial charge in [-0.15, -0.1) is 0 Å². The molecule has 162 valence electrons.